The van der Waals surface area contributed by atoms with Crippen LogP contribution in [0.4, 0.5) is 0 Å². The molecular weight excluding hydrogens is 292 g/mol. The van der Waals surface area contributed by atoms with Gasteiger partial charge < -0.3 is 5.11 Å². The summed E-state index contributed by atoms with van der Waals surface area (Å²) in [5.74, 6) is -0.913. The number of aromatic carboxylic acids is 1. The highest BCUT2D eigenvalue weighted by Gasteiger charge is 2.13. The molecule has 0 aliphatic heterocycles. The first-order valence-electron chi connectivity index (χ1n) is 5.91. The van der Waals surface area contributed by atoms with E-state index < -0.39 is 5.97 Å². The smallest absolute Gasteiger partial charge is 0.347 e. The lowest BCUT2D eigenvalue weighted by Crippen LogP contribution is -1.90. The standard InChI is InChI=1S/C14H8N2O2S2/c17-13(18)12-7-16-6-9(15-14(16)20-12)11-5-8-3-1-2-4-10(8)19-11/h1-7H,(H,17,18). The first kappa shape index (κ1) is 11.6. The van der Waals surface area contributed by atoms with Crippen LogP contribution in [0.3, 0.4) is 0 Å². The van der Waals surface area contributed by atoms with E-state index in [1.165, 1.54) is 21.4 Å². The lowest BCUT2D eigenvalue weighted by Gasteiger charge is -1.86. The van der Waals surface area contributed by atoms with Crippen molar-refractivity contribution >= 4 is 43.7 Å². The summed E-state index contributed by atoms with van der Waals surface area (Å²) < 4.78 is 3.00. The van der Waals surface area contributed by atoms with E-state index in [0.717, 1.165) is 10.6 Å². The number of benzene rings is 1. The SMILES string of the molecule is O=C(O)c1cn2cc(-c3cc4ccccc4s3)nc2s1. The highest BCUT2D eigenvalue weighted by molar-refractivity contribution is 7.22. The van der Waals surface area contributed by atoms with Gasteiger partial charge in [-0.1, -0.05) is 29.5 Å². The summed E-state index contributed by atoms with van der Waals surface area (Å²) in [5.41, 5.74) is 0.884. The summed E-state index contributed by atoms with van der Waals surface area (Å²) in [6, 6.07) is 10.3. The van der Waals surface area contributed by atoms with E-state index in [0.29, 0.717) is 9.84 Å². The predicted octanol–water partition coefficient (Wildman–Crippen LogP) is 3.98. The van der Waals surface area contributed by atoms with Crippen LogP contribution in [0.25, 0.3) is 25.6 Å². The zero-order chi connectivity index (χ0) is 13.7. The Balaban J connectivity index is 1.84. The van der Waals surface area contributed by atoms with E-state index in [2.05, 4.69) is 23.2 Å². The number of nitrogens with zero attached hydrogens (tertiary/aromatic N) is 2. The van der Waals surface area contributed by atoms with Crippen LogP contribution in [-0.2, 0) is 0 Å². The first-order valence-corrected chi connectivity index (χ1v) is 7.55. The van der Waals surface area contributed by atoms with Crippen LogP contribution in [0.15, 0.2) is 42.7 Å². The number of rotatable bonds is 2. The van der Waals surface area contributed by atoms with Crippen LogP contribution in [0, 0.1) is 0 Å². The Bertz CT molecular complexity index is 884. The molecule has 0 saturated heterocycles. The summed E-state index contributed by atoms with van der Waals surface area (Å²) in [6.07, 6.45) is 3.48. The number of hydrogen-bond donors (Lipinski definition) is 1. The van der Waals surface area contributed by atoms with Gasteiger partial charge in [0, 0.05) is 17.1 Å². The number of thiophene rings is 1. The monoisotopic (exact) mass is 300 g/mol. The number of imidazole rings is 1. The van der Waals surface area contributed by atoms with Gasteiger partial charge in [0.25, 0.3) is 0 Å². The van der Waals surface area contributed by atoms with Gasteiger partial charge in [-0.15, -0.1) is 11.3 Å². The third-order valence-electron chi connectivity index (χ3n) is 3.04. The lowest BCUT2D eigenvalue weighted by molar-refractivity contribution is 0.0702. The Morgan fingerprint density at radius 3 is 2.80 bits per heavy atom. The molecule has 6 heteroatoms. The van der Waals surface area contributed by atoms with Crippen LogP contribution in [0.5, 0.6) is 0 Å². The molecule has 0 radical (unpaired) electrons. The highest BCUT2D eigenvalue weighted by Crippen LogP contribution is 2.33. The number of carboxylic acids is 1. The maximum absolute atomic E-state index is 10.9. The van der Waals surface area contributed by atoms with Crippen LogP contribution >= 0.6 is 22.7 Å². The van der Waals surface area contributed by atoms with Crippen molar-refractivity contribution in [2.24, 2.45) is 0 Å². The van der Waals surface area contributed by atoms with Gasteiger partial charge in [0.1, 0.15) is 10.6 Å². The van der Waals surface area contributed by atoms with Crippen molar-refractivity contribution in [3.8, 4) is 10.6 Å². The number of aromatic nitrogens is 2. The molecule has 4 nitrogen and oxygen atoms in total. The molecule has 0 aliphatic rings. The van der Waals surface area contributed by atoms with Gasteiger partial charge in [-0.05, 0) is 17.5 Å². The number of thiazole rings is 1. The zero-order valence-electron chi connectivity index (χ0n) is 10.1. The fourth-order valence-electron chi connectivity index (χ4n) is 2.12. The fourth-order valence-corrected chi connectivity index (χ4v) is 3.94. The summed E-state index contributed by atoms with van der Waals surface area (Å²) >= 11 is 2.88. The molecule has 0 unspecified atom stereocenters. The van der Waals surface area contributed by atoms with Gasteiger partial charge >= 0.3 is 5.97 Å². The van der Waals surface area contributed by atoms with Crippen LogP contribution < -0.4 is 0 Å². The normalized spacial score (nSPS) is 11.4. The molecule has 3 aromatic heterocycles. The van der Waals surface area contributed by atoms with Crippen LogP contribution in [-0.4, -0.2) is 20.5 Å². The summed E-state index contributed by atoms with van der Waals surface area (Å²) in [6.45, 7) is 0. The van der Waals surface area contributed by atoms with Crippen molar-refractivity contribution in [2.75, 3.05) is 0 Å². The molecule has 0 atom stereocenters. The van der Waals surface area contributed by atoms with Crippen molar-refractivity contribution in [2.45, 2.75) is 0 Å². The van der Waals surface area contributed by atoms with Crippen molar-refractivity contribution in [3.05, 3.63) is 47.6 Å². The quantitative estimate of drug-likeness (QED) is 0.609. The number of hydrogen-bond acceptors (Lipinski definition) is 4. The Hall–Kier alpha value is -2.18. The molecule has 0 amide bonds. The van der Waals surface area contributed by atoms with E-state index in [1.807, 2.05) is 18.3 Å². The molecule has 1 N–H and O–H groups in total. The topological polar surface area (TPSA) is 54.6 Å². The minimum absolute atomic E-state index is 0.301. The lowest BCUT2D eigenvalue weighted by atomic mass is 10.2. The van der Waals surface area contributed by atoms with Gasteiger partial charge in [0.2, 0.25) is 0 Å². The van der Waals surface area contributed by atoms with Crippen molar-refractivity contribution in [3.63, 3.8) is 0 Å². The van der Waals surface area contributed by atoms with Gasteiger partial charge in [-0.25, -0.2) is 9.78 Å². The second-order valence-electron chi connectivity index (χ2n) is 4.37. The maximum atomic E-state index is 10.9. The maximum Gasteiger partial charge on any atom is 0.347 e. The molecule has 0 spiro atoms. The van der Waals surface area contributed by atoms with E-state index in [4.69, 9.17) is 5.11 Å². The largest absolute Gasteiger partial charge is 0.477 e. The predicted molar refractivity (Wildman–Crippen MR) is 80.8 cm³/mol. The number of carbonyl (C=O) groups is 1. The number of carboxylic acid groups (broad SMARTS) is 1. The van der Waals surface area contributed by atoms with Crippen molar-refractivity contribution in [1.82, 2.24) is 9.38 Å². The molecule has 1 aromatic carbocycles. The third kappa shape index (κ3) is 1.73. The highest BCUT2D eigenvalue weighted by atomic mass is 32.1. The van der Waals surface area contributed by atoms with Crippen molar-refractivity contribution < 1.29 is 9.90 Å². The summed E-state index contributed by atoms with van der Waals surface area (Å²) in [7, 11) is 0. The zero-order valence-corrected chi connectivity index (χ0v) is 11.7. The van der Waals surface area contributed by atoms with Gasteiger partial charge in [-0.2, -0.15) is 0 Å². The average Bonchev–Trinajstić information content (AvgIpc) is 3.09. The van der Waals surface area contributed by atoms with Crippen LogP contribution in [0.2, 0.25) is 0 Å². The Morgan fingerprint density at radius 1 is 1.20 bits per heavy atom. The van der Waals surface area contributed by atoms with E-state index in [1.54, 1.807) is 21.9 Å². The summed E-state index contributed by atoms with van der Waals surface area (Å²) in [5, 5.41) is 10.2. The Morgan fingerprint density at radius 2 is 2.05 bits per heavy atom. The molecule has 0 aliphatic carbocycles. The second kappa shape index (κ2) is 4.16. The number of fused-ring (bicyclic) bond motifs is 2. The minimum atomic E-state index is -0.913. The summed E-state index contributed by atoms with van der Waals surface area (Å²) in [4.78, 5) is 17.5. The third-order valence-corrected chi connectivity index (χ3v) is 5.17. The Labute approximate surface area is 121 Å². The molecule has 4 aromatic rings. The molecule has 98 valence electrons. The van der Waals surface area contributed by atoms with E-state index in [-0.39, 0.29) is 0 Å². The van der Waals surface area contributed by atoms with E-state index >= 15 is 0 Å². The Kier molecular flexibility index (Phi) is 2.42. The molecule has 0 fully saturated rings. The van der Waals surface area contributed by atoms with E-state index in [9.17, 15) is 4.79 Å². The van der Waals surface area contributed by atoms with Gasteiger partial charge in [0.15, 0.2) is 4.96 Å². The molecule has 20 heavy (non-hydrogen) atoms. The first-order chi connectivity index (χ1) is 9.70. The molecule has 4 rings (SSSR count). The fraction of sp³-hybridized carbons (Fsp3) is 0. The van der Waals surface area contributed by atoms with Crippen LogP contribution in [0.1, 0.15) is 9.67 Å². The molecule has 3 heterocycles. The van der Waals surface area contributed by atoms with Gasteiger partial charge in [0.05, 0.1) is 4.88 Å². The second-order valence-corrected chi connectivity index (χ2v) is 6.46. The average molecular weight is 300 g/mol. The molecule has 0 bridgehead atoms. The van der Waals surface area contributed by atoms with Gasteiger partial charge in [-0.3, -0.25) is 4.40 Å². The minimum Gasteiger partial charge on any atom is -0.477 e. The molecule has 0 saturated carbocycles. The van der Waals surface area contributed by atoms with Crippen molar-refractivity contribution in [1.29, 1.82) is 0 Å². The molecular formula is C14H8N2O2S2.